The number of unbranched alkanes of at least 4 members (excludes halogenated alkanes) is 6. The molecule has 1 aliphatic heterocycles. The Balaban J connectivity index is 2.01. The van der Waals surface area contributed by atoms with Crippen LogP contribution in [0.25, 0.3) is 0 Å². The van der Waals surface area contributed by atoms with E-state index in [2.05, 4.69) is 20.8 Å². The maximum absolute atomic E-state index is 5.90. The summed E-state index contributed by atoms with van der Waals surface area (Å²) in [6.07, 6.45) is 11.9. The Morgan fingerprint density at radius 2 is 1.71 bits per heavy atom. The van der Waals surface area contributed by atoms with Crippen molar-refractivity contribution in [2.75, 3.05) is 6.61 Å². The average Bonchev–Trinajstić information content (AvgIpc) is 2.27. The van der Waals surface area contributed by atoms with E-state index >= 15 is 0 Å². The Hall–Kier alpha value is -0.0800. The summed E-state index contributed by atoms with van der Waals surface area (Å²) >= 11 is 0. The van der Waals surface area contributed by atoms with Gasteiger partial charge >= 0.3 is 0 Å². The van der Waals surface area contributed by atoms with Gasteiger partial charge in [-0.15, -0.1) is 0 Å². The molecular weight excluding hydrogens is 212 g/mol. The van der Waals surface area contributed by atoms with Gasteiger partial charge in [0.25, 0.3) is 0 Å². The van der Waals surface area contributed by atoms with Crippen LogP contribution >= 0.6 is 0 Å². The second-order valence-corrected chi connectivity index (χ2v) is 5.57. The molecule has 0 N–H and O–H groups in total. The van der Waals surface area contributed by atoms with Gasteiger partial charge in [-0.25, -0.2) is 0 Å². The van der Waals surface area contributed by atoms with Gasteiger partial charge < -0.3 is 9.47 Å². The first-order valence-electron chi connectivity index (χ1n) is 7.48. The zero-order chi connectivity index (χ0) is 12.6. The third kappa shape index (κ3) is 6.42. The lowest BCUT2D eigenvalue weighted by atomic mass is 10.0. The fourth-order valence-corrected chi connectivity index (χ4v) is 2.49. The van der Waals surface area contributed by atoms with Gasteiger partial charge in [0.05, 0.1) is 12.7 Å². The highest BCUT2D eigenvalue weighted by Gasteiger charge is 2.31. The summed E-state index contributed by atoms with van der Waals surface area (Å²) < 4.78 is 11.7. The monoisotopic (exact) mass is 242 g/mol. The minimum atomic E-state index is -0.304. The van der Waals surface area contributed by atoms with E-state index in [4.69, 9.17) is 9.47 Å². The van der Waals surface area contributed by atoms with Gasteiger partial charge in [-0.2, -0.15) is 0 Å². The summed E-state index contributed by atoms with van der Waals surface area (Å²) in [7, 11) is 0. The van der Waals surface area contributed by atoms with Crippen molar-refractivity contribution in [3.05, 3.63) is 0 Å². The molecule has 2 nitrogen and oxygen atoms in total. The molecule has 1 heterocycles. The maximum Gasteiger partial charge on any atom is 0.165 e. The van der Waals surface area contributed by atoms with Gasteiger partial charge in [-0.05, 0) is 26.7 Å². The summed E-state index contributed by atoms with van der Waals surface area (Å²) in [5.74, 6) is -0.304. The van der Waals surface area contributed by atoms with E-state index in [0.717, 1.165) is 19.4 Å². The lowest BCUT2D eigenvalue weighted by molar-refractivity contribution is -0.283. The van der Waals surface area contributed by atoms with Gasteiger partial charge in [0.2, 0.25) is 0 Å². The molecule has 0 aromatic heterocycles. The normalized spacial score (nSPS) is 29.5. The van der Waals surface area contributed by atoms with Crippen molar-refractivity contribution < 1.29 is 9.47 Å². The minimum Gasteiger partial charge on any atom is -0.350 e. The van der Waals surface area contributed by atoms with Crippen LogP contribution in [-0.2, 0) is 9.47 Å². The molecule has 0 aliphatic carbocycles. The van der Waals surface area contributed by atoms with E-state index in [1.807, 2.05) is 0 Å². The van der Waals surface area contributed by atoms with Crippen LogP contribution in [0.1, 0.15) is 78.6 Å². The Labute approximate surface area is 107 Å². The predicted molar refractivity (Wildman–Crippen MR) is 72.1 cm³/mol. The van der Waals surface area contributed by atoms with E-state index in [0.29, 0.717) is 6.10 Å². The summed E-state index contributed by atoms with van der Waals surface area (Å²) in [5, 5.41) is 0. The van der Waals surface area contributed by atoms with Gasteiger partial charge in [0.15, 0.2) is 5.79 Å². The van der Waals surface area contributed by atoms with Crippen LogP contribution in [-0.4, -0.2) is 18.5 Å². The highest BCUT2D eigenvalue weighted by Crippen LogP contribution is 2.28. The lowest BCUT2D eigenvalue weighted by Gasteiger charge is -2.37. The topological polar surface area (TPSA) is 18.5 Å². The summed E-state index contributed by atoms with van der Waals surface area (Å²) in [5.41, 5.74) is 0. The molecule has 2 atom stereocenters. The third-order valence-corrected chi connectivity index (χ3v) is 3.62. The summed E-state index contributed by atoms with van der Waals surface area (Å²) in [6.45, 7) is 7.36. The van der Waals surface area contributed by atoms with Crippen molar-refractivity contribution in [3.63, 3.8) is 0 Å². The molecule has 102 valence electrons. The number of rotatable bonds is 8. The SMILES string of the molecule is CCCCCCCCC[C@@]1(C)OCC[C@@H](C)O1. The van der Waals surface area contributed by atoms with E-state index in [1.54, 1.807) is 0 Å². The molecule has 0 saturated carbocycles. The largest absolute Gasteiger partial charge is 0.350 e. The number of hydrogen-bond acceptors (Lipinski definition) is 2. The van der Waals surface area contributed by atoms with Crippen LogP contribution in [0, 0.1) is 0 Å². The van der Waals surface area contributed by atoms with E-state index in [9.17, 15) is 0 Å². The quantitative estimate of drug-likeness (QED) is 0.576. The lowest BCUT2D eigenvalue weighted by Crippen LogP contribution is -2.41. The maximum atomic E-state index is 5.90. The highest BCUT2D eigenvalue weighted by molar-refractivity contribution is 4.70. The molecule has 0 bridgehead atoms. The van der Waals surface area contributed by atoms with Crippen molar-refractivity contribution in [1.82, 2.24) is 0 Å². The molecule has 0 amide bonds. The van der Waals surface area contributed by atoms with Gasteiger partial charge in [0.1, 0.15) is 0 Å². The van der Waals surface area contributed by atoms with E-state index in [-0.39, 0.29) is 5.79 Å². The molecule has 2 heteroatoms. The Bertz CT molecular complexity index is 193. The standard InChI is InChI=1S/C15H30O2/c1-4-5-6-7-8-9-10-12-15(3)16-13-11-14(2)17-15/h14H,4-13H2,1-3H3/t14-,15+/m1/s1. The molecule has 0 aromatic carbocycles. The van der Waals surface area contributed by atoms with Crippen LogP contribution in [0.15, 0.2) is 0 Å². The molecule has 1 fully saturated rings. The average molecular weight is 242 g/mol. The fraction of sp³-hybridized carbons (Fsp3) is 1.00. The Morgan fingerprint density at radius 1 is 1.06 bits per heavy atom. The Kier molecular flexibility index (Phi) is 7.14. The molecule has 17 heavy (non-hydrogen) atoms. The molecule has 0 spiro atoms. The third-order valence-electron chi connectivity index (χ3n) is 3.62. The summed E-state index contributed by atoms with van der Waals surface area (Å²) in [4.78, 5) is 0. The van der Waals surface area contributed by atoms with Crippen LogP contribution < -0.4 is 0 Å². The first-order valence-corrected chi connectivity index (χ1v) is 7.48. The Morgan fingerprint density at radius 3 is 2.35 bits per heavy atom. The first kappa shape index (κ1) is 15.0. The van der Waals surface area contributed by atoms with Crippen LogP contribution in [0.3, 0.4) is 0 Å². The highest BCUT2D eigenvalue weighted by atomic mass is 16.7. The van der Waals surface area contributed by atoms with Crippen LogP contribution in [0.2, 0.25) is 0 Å². The molecule has 0 unspecified atom stereocenters. The number of hydrogen-bond donors (Lipinski definition) is 0. The van der Waals surface area contributed by atoms with E-state index < -0.39 is 0 Å². The summed E-state index contributed by atoms with van der Waals surface area (Å²) in [6, 6.07) is 0. The van der Waals surface area contributed by atoms with Crippen LogP contribution in [0.4, 0.5) is 0 Å². The van der Waals surface area contributed by atoms with Gasteiger partial charge in [-0.1, -0.05) is 45.4 Å². The second-order valence-electron chi connectivity index (χ2n) is 5.57. The first-order chi connectivity index (χ1) is 8.16. The van der Waals surface area contributed by atoms with Crippen LogP contribution in [0.5, 0.6) is 0 Å². The van der Waals surface area contributed by atoms with Crippen molar-refractivity contribution >= 4 is 0 Å². The second kappa shape index (κ2) is 8.10. The van der Waals surface area contributed by atoms with Crippen molar-refractivity contribution in [3.8, 4) is 0 Å². The van der Waals surface area contributed by atoms with E-state index in [1.165, 1.54) is 44.9 Å². The van der Waals surface area contributed by atoms with Gasteiger partial charge in [0, 0.05) is 6.42 Å². The molecule has 0 radical (unpaired) electrons. The molecule has 0 aromatic rings. The molecular formula is C15H30O2. The van der Waals surface area contributed by atoms with Crippen molar-refractivity contribution in [2.24, 2.45) is 0 Å². The number of ether oxygens (including phenoxy) is 2. The van der Waals surface area contributed by atoms with Gasteiger partial charge in [-0.3, -0.25) is 0 Å². The zero-order valence-corrected chi connectivity index (χ0v) is 12.0. The van der Waals surface area contributed by atoms with Crippen molar-refractivity contribution in [2.45, 2.75) is 90.4 Å². The smallest absolute Gasteiger partial charge is 0.165 e. The molecule has 1 saturated heterocycles. The molecule has 1 aliphatic rings. The molecule has 1 rings (SSSR count). The predicted octanol–water partition coefficient (Wildman–Crippen LogP) is 4.67. The fourth-order valence-electron chi connectivity index (χ4n) is 2.49. The van der Waals surface area contributed by atoms with Crippen molar-refractivity contribution in [1.29, 1.82) is 0 Å². The zero-order valence-electron chi connectivity index (χ0n) is 12.0. The minimum absolute atomic E-state index is 0.304.